The zero-order valence-corrected chi connectivity index (χ0v) is 16.7. The number of rotatable bonds is 3. The summed E-state index contributed by atoms with van der Waals surface area (Å²) in [6, 6.07) is 5.22. The van der Waals surface area contributed by atoms with Gasteiger partial charge in [0.15, 0.2) is 0 Å². The maximum atomic E-state index is 13.3. The molecule has 1 spiro atoms. The van der Waals surface area contributed by atoms with Crippen molar-refractivity contribution in [3.8, 4) is 0 Å². The highest BCUT2D eigenvalue weighted by Gasteiger charge is 2.46. The average molecular weight is 411 g/mol. The summed E-state index contributed by atoms with van der Waals surface area (Å²) >= 11 is 0. The van der Waals surface area contributed by atoms with Crippen molar-refractivity contribution >= 4 is 23.6 Å². The second kappa shape index (κ2) is 7.17. The molecule has 0 bridgehead atoms. The number of amides is 4. The van der Waals surface area contributed by atoms with E-state index < -0.39 is 11.9 Å². The van der Waals surface area contributed by atoms with Gasteiger partial charge < -0.3 is 15.5 Å². The van der Waals surface area contributed by atoms with Crippen molar-refractivity contribution in [3.05, 3.63) is 34.9 Å². The Labute approximate surface area is 174 Å². The number of hydrogen-bond acceptors (Lipinski definition) is 6. The SMILES string of the molecule is O=C1CC2(CNC2)N(Cc2cccc3c2C(=O)N(C2CCC(=O)NC2=O)C3)CCN1. The normalized spacial score (nSPS) is 26.1. The van der Waals surface area contributed by atoms with Gasteiger partial charge in [0.2, 0.25) is 17.7 Å². The van der Waals surface area contributed by atoms with E-state index in [1.165, 1.54) is 0 Å². The van der Waals surface area contributed by atoms with Crippen molar-refractivity contribution in [2.45, 2.75) is 43.9 Å². The van der Waals surface area contributed by atoms with E-state index in [2.05, 4.69) is 20.9 Å². The molecule has 158 valence electrons. The fourth-order valence-corrected chi connectivity index (χ4v) is 5.08. The highest BCUT2D eigenvalue weighted by Crippen LogP contribution is 2.33. The van der Waals surface area contributed by atoms with Crippen LogP contribution >= 0.6 is 0 Å². The van der Waals surface area contributed by atoms with Gasteiger partial charge in [-0.25, -0.2) is 0 Å². The Kier molecular flexibility index (Phi) is 4.59. The number of carbonyl (C=O) groups excluding carboxylic acids is 4. The van der Waals surface area contributed by atoms with Gasteiger partial charge in [0.05, 0.1) is 5.54 Å². The number of piperidine rings is 1. The summed E-state index contributed by atoms with van der Waals surface area (Å²) in [4.78, 5) is 53.1. The summed E-state index contributed by atoms with van der Waals surface area (Å²) in [7, 11) is 0. The van der Waals surface area contributed by atoms with Crippen molar-refractivity contribution in [2.75, 3.05) is 26.2 Å². The molecule has 1 atom stereocenters. The first-order valence-electron chi connectivity index (χ1n) is 10.4. The van der Waals surface area contributed by atoms with Gasteiger partial charge in [-0.2, -0.15) is 0 Å². The van der Waals surface area contributed by atoms with Crippen LogP contribution in [0.5, 0.6) is 0 Å². The van der Waals surface area contributed by atoms with E-state index in [0.717, 1.165) is 30.8 Å². The number of nitrogens with zero attached hydrogens (tertiary/aromatic N) is 2. The molecule has 1 aromatic carbocycles. The van der Waals surface area contributed by atoms with Crippen LogP contribution < -0.4 is 16.0 Å². The van der Waals surface area contributed by atoms with Crippen LogP contribution in [0.2, 0.25) is 0 Å². The number of hydrogen-bond donors (Lipinski definition) is 3. The number of fused-ring (bicyclic) bond motifs is 1. The van der Waals surface area contributed by atoms with Gasteiger partial charge in [-0.1, -0.05) is 18.2 Å². The first-order valence-corrected chi connectivity index (χ1v) is 10.4. The lowest BCUT2D eigenvalue weighted by Gasteiger charge is -2.49. The molecule has 0 aromatic heterocycles. The molecule has 4 heterocycles. The first kappa shape index (κ1) is 19.2. The first-order chi connectivity index (χ1) is 14.5. The minimum atomic E-state index is -0.613. The fourth-order valence-electron chi connectivity index (χ4n) is 5.08. The van der Waals surface area contributed by atoms with Crippen LogP contribution in [0.25, 0.3) is 0 Å². The Balaban J connectivity index is 1.40. The van der Waals surface area contributed by atoms with E-state index in [0.29, 0.717) is 38.0 Å². The van der Waals surface area contributed by atoms with Crippen LogP contribution in [0.4, 0.5) is 0 Å². The topological polar surface area (TPSA) is 111 Å². The van der Waals surface area contributed by atoms with E-state index in [1.54, 1.807) is 4.90 Å². The van der Waals surface area contributed by atoms with Crippen LogP contribution in [0.15, 0.2) is 18.2 Å². The molecule has 3 fully saturated rings. The van der Waals surface area contributed by atoms with Gasteiger partial charge in [-0.3, -0.25) is 29.4 Å². The largest absolute Gasteiger partial charge is 0.355 e. The van der Waals surface area contributed by atoms with Crippen LogP contribution in [0, 0.1) is 0 Å². The van der Waals surface area contributed by atoms with Crippen molar-refractivity contribution in [3.63, 3.8) is 0 Å². The van der Waals surface area contributed by atoms with Crippen LogP contribution in [0.1, 0.15) is 40.7 Å². The summed E-state index contributed by atoms with van der Waals surface area (Å²) in [5.41, 5.74) is 2.28. The lowest BCUT2D eigenvalue weighted by Crippen LogP contribution is -2.69. The van der Waals surface area contributed by atoms with Crippen molar-refractivity contribution in [1.29, 1.82) is 0 Å². The summed E-state index contributed by atoms with van der Waals surface area (Å²) < 4.78 is 0. The second-order valence-corrected chi connectivity index (χ2v) is 8.63. The monoisotopic (exact) mass is 411 g/mol. The third-order valence-electron chi connectivity index (χ3n) is 6.77. The van der Waals surface area contributed by atoms with Gasteiger partial charge in [0, 0.05) is 57.7 Å². The summed E-state index contributed by atoms with van der Waals surface area (Å²) in [6.45, 7) is 3.78. The summed E-state index contributed by atoms with van der Waals surface area (Å²) in [5.74, 6) is -0.771. The molecule has 9 heteroatoms. The van der Waals surface area contributed by atoms with Gasteiger partial charge in [-0.15, -0.1) is 0 Å². The summed E-state index contributed by atoms with van der Waals surface area (Å²) in [5, 5.41) is 8.58. The molecule has 0 aliphatic carbocycles. The van der Waals surface area contributed by atoms with E-state index in [1.807, 2.05) is 18.2 Å². The molecule has 4 amide bonds. The molecule has 0 saturated carbocycles. The Morgan fingerprint density at radius 2 is 1.93 bits per heavy atom. The predicted octanol–water partition coefficient (Wildman–Crippen LogP) is -0.888. The third-order valence-corrected chi connectivity index (χ3v) is 6.77. The Hall–Kier alpha value is -2.78. The summed E-state index contributed by atoms with van der Waals surface area (Å²) in [6.07, 6.45) is 1.05. The molecule has 0 radical (unpaired) electrons. The van der Waals surface area contributed by atoms with E-state index in [4.69, 9.17) is 0 Å². The third kappa shape index (κ3) is 3.09. The maximum Gasteiger partial charge on any atom is 0.255 e. The van der Waals surface area contributed by atoms with E-state index in [-0.39, 0.29) is 29.7 Å². The molecule has 3 saturated heterocycles. The van der Waals surface area contributed by atoms with Crippen LogP contribution in [-0.2, 0) is 27.5 Å². The lowest BCUT2D eigenvalue weighted by atomic mass is 9.85. The molecule has 4 aliphatic rings. The number of imide groups is 1. The van der Waals surface area contributed by atoms with E-state index in [9.17, 15) is 19.2 Å². The van der Waals surface area contributed by atoms with Gasteiger partial charge in [0.25, 0.3) is 5.91 Å². The zero-order chi connectivity index (χ0) is 20.9. The number of nitrogens with one attached hydrogen (secondary N) is 3. The zero-order valence-electron chi connectivity index (χ0n) is 16.7. The Morgan fingerprint density at radius 1 is 1.10 bits per heavy atom. The van der Waals surface area contributed by atoms with Crippen molar-refractivity contribution in [2.24, 2.45) is 0 Å². The van der Waals surface area contributed by atoms with E-state index >= 15 is 0 Å². The van der Waals surface area contributed by atoms with Crippen LogP contribution in [-0.4, -0.2) is 71.2 Å². The molecule has 30 heavy (non-hydrogen) atoms. The standard InChI is InChI=1S/C21H25N5O4/c27-16-5-4-15(19(29)24-16)26-10-14-3-1-2-13(18(14)20(26)30)9-25-7-6-23-17(28)8-21(25)11-22-12-21/h1-3,15,22H,4-12H2,(H,23,28)(H,24,27,29). The smallest absolute Gasteiger partial charge is 0.255 e. The van der Waals surface area contributed by atoms with Crippen molar-refractivity contribution in [1.82, 2.24) is 25.8 Å². The number of benzene rings is 1. The number of carbonyl (C=O) groups is 4. The molecule has 9 nitrogen and oxygen atoms in total. The average Bonchev–Trinajstić information content (AvgIpc) is 2.91. The Morgan fingerprint density at radius 3 is 2.67 bits per heavy atom. The predicted molar refractivity (Wildman–Crippen MR) is 106 cm³/mol. The molecule has 1 unspecified atom stereocenters. The molecular weight excluding hydrogens is 386 g/mol. The Bertz CT molecular complexity index is 941. The molecular formula is C21H25N5O4. The van der Waals surface area contributed by atoms with Gasteiger partial charge in [-0.05, 0) is 17.5 Å². The van der Waals surface area contributed by atoms with Gasteiger partial charge >= 0.3 is 0 Å². The fraction of sp³-hybridized carbons (Fsp3) is 0.524. The molecule has 3 N–H and O–H groups in total. The molecule has 5 rings (SSSR count). The lowest BCUT2D eigenvalue weighted by molar-refractivity contribution is -0.137. The minimum absolute atomic E-state index is 0.0670. The second-order valence-electron chi connectivity index (χ2n) is 8.63. The quantitative estimate of drug-likeness (QED) is 0.557. The van der Waals surface area contributed by atoms with Gasteiger partial charge in [0.1, 0.15) is 6.04 Å². The molecule has 1 aromatic rings. The van der Waals surface area contributed by atoms with Crippen molar-refractivity contribution < 1.29 is 19.2 Å². The van der Waals surface area contributed by atoms with Crippen LogP contribution in [0.3, 0.4) is 0 Å². The minimum Gasteiger partial charge on any atom is -0.355 e. The highest BCUT2D eigenvalue weighted by molar-refractivity contribution is 6.06. The molecule has 4 aliphatic heterocycles. The maximum absolute atomic E-state index is 13.3. The highest BCUT2D eigenvalue weighted by atomic mass is 16.2.